The first-order chi connectivity index (χ1) is 7.07. The van der Waals surface area contributed by atoms with E-state index in [9.17, 15) is 0 Å². The molecule has 2 heteroatoms. The van der Waals surface area contributed by atoms with Gasteiger partial charge in [-0.1, -0.05) is 27.2 Å². The number of hydrogen-bond donors (Lipinski definition) is 1. The molecular formula is C13H27NO. The minimum Gasteiger partial charge on any atom is -0.383 e. The molecule has 0 aliphatic heterocycles. The molecule has 0 heterocycles. The summed E-state index contributed by atoms with van der Waals surface area (Å²) < 4.78 is 5.23. The van der Waals surface area contributed by atoms with Crippen molar-refractivity contribution in [3.8, 4) is 0 Å². The summed E-state index contributed by atoms with van der Waals surface area (Å²) in [7, 11) is 1.79. The van der Waals surface area contributed by atoms with Crippen LogP contribution >= 0.6 is 0 Å². The molecule has 2 atom stereocenters. The third-order valence-corrected chi connectivity index (χ3v) is 3.54. The molecule has 0 unspecified atom stereocenters. The number of rotatable bonds is 5. The summed E-state index contributed by atoms with van der Waals surface area (Å²) in [6.07, 6.45) is 6.56. The van der Waals surface area contributed by atoms with Crippen LogP contribution in [0.2, 0.25) is 0 Å². The van der Waals surface area contributed by atoms with E-state index in [0.717, 1.165) is 13.0 Å². The van der Waals surface area contributed by atoms with Gasteiger partial charge in [0, 0.05) is 19.2 Å². The van der Waals surface area contributed by atoms with Crippen LogP contribution in [-0.2, 0) is 4.74 Å². The van der Waals surface area contributed by atoms with E-state index >= 15 is 0 Å². The number of nitrogens with one attached hydrogen (secondary N) is 1. The van der Waals surface area contributed by atoms with E-state index in [-0.39, 0.29) is 0 Å². The summed E-state index contributed by atoms with van der Waals surface area (Å²) in [5.74, 6) is 0. The predicted octanol–water partition coefficient (Wildman–Crippen LogP) is 2.97. The quantitative estimate of drug-likeness (QED) is 0.758. The zero-order valence-electron chi connectivity index (χ0n) is 10.8. The molecule has 0 radical (unpaired) electrons. The fraction of sp³-hybridized carbons (Fsp3) is 1.00. The van der Waals surface area contributed by atoms with E-state index in [1.165, 1.54) is 25.7 Å². The van der Waals surface area contributed by atoms with Gasteiger partial charge in [0.2, 0.25) is 0 Å². The van der Waals surface area contributed by atoms with Crippen molar-refractivity contribution in [2.45, 2.75) is 65.0 Å². The van der Waals surface area contributed by atoms with Crippen molar-refractivity contribution in [1.82, 2.24) is 5.32 Å². The smallest absolute Gasteiger partial charge is 0.0615 e. The Balaban J connectivity index is 2.36. The maximum absolute atomic E-state index is 5.23. The monoisotopic (exact) mass is 213 g/mol. The average Bonchev–Trinajstić information content (AvgIpc) is 2.15. The number of hydrogen-bond acceptors (Lipinski definition) is 2. The van der Waals surface area contributed by atoms with Gasteiger partial charge in [0.1, 0.15) is 0 Å². The van der Waals surface area contributed by atoms with Gasteiger partial charge in [-0.2, -0.15) is 0 Å². The van der Waals surface area contributed by atoms with Gasteiger partial charge in [-0.3, -0.25) is 0 Å². The summed E-state index contributed by atoms with van der Waals surface area (Å²) >= 11 is 0. The molecule has 1 aliphatic rings. The molecule has 0 bridgehead atoms. The normalized spacial score (nSPS) is 27.6. The molecule has 0 amide bonds. The van der Waals surface area contributed by atoms with Crippen molar-refractivity contribution in [3.05, 3.63) is 0 Å². The lowest BCUT2D eigenvalue weighted by atomic mass is 9.75. The minimum atomic E-state index is 0.529. The molecule has 1 aliphatic carbocycles. The molecule has 1 rings (SSSR count). The lowest BCUT2D eigenvalue weighted by Crippen LogP contribution is -2.44. The van der Waals surface area contributed by atoms with Gasteiger partial charge in [0.25, 0.3) is 0 Å². The van der Waals surface area contributed by atoms with Crippen molar-refractivity contribution in [3.63, 3.8) is 0 Å². The van der Waals surface area contributed by atoms with E-state index < -0.39 is 0 Å². The van der Waals surface area contributed by atoms with Gasteiger partial charge < -0.3 is 10.1 Å². The van der Waals surface area contributed by atoms with Crippen LogP contribution in [0.5, 0.6) is 0 Å². The summed E-state index contributed by atoms with van der Waals surface area (Å²) in [6.45, 7) is 7.84. The summed E-state index contributed by atoms with van der Waals surface area (Å²) in [6, 6.07) is 1.24. The van der Waals surface area contributed by atoms with Crippen LogP contribution < -0.4 is 5.32 Å². The lowest BCUT2D eigenvalue weighted by Gasteiger charge is -2.37. The van der Waals surface area contributed by atoms with Gasteiger partial charge in [-0.15, -0.1) is 0 Å². The van der Waals surface area contributed by atoms with Crippen molar-refractivity contribution >= 4 is 0 Å². The first kappa shape index (κ1) is 13.0. The minimum absolute atomic E-state index is 0.529. The Kier molecular flexibility index (Phi) is 5.07. The van der Waals surface area contributed by atoms with Crippen molar-refractivity contribution in [2.75, 3.05) is 13.7 Å². The third kappa shape index (κ3) is 4.52. The second-order valence-corrected chi connectivity index (χ2v) is 5.68. The highest BCUT2D eigenvalue weighted by molar-refractivity contribution is 4.85. The molecule has 0 aromatic rings. The van der Waals surface area contributed by atoms with Crippen LogP contribution in [0.4, 0.5) is 0 Å². The van der Waals surface area contributed by atoms with Crippen molar-refractivity contribution in [1.29, 1.82) is 0 Å². The van der Waals surface area contributed by atoms with Gasteiger partial charge >= 0.3 is 0 Å². The molecule has 2 nitrogen and oxygen atoms in total. The van der Waals surface area contributed by atoms with Crippen molar-refractivity contribution < 1.29 is 4.74 Å². The van der Waals surface area contributed by atoms with E-state index in [2.05, 4.69) is 26.1 Å². The second-order valence-electron chi connectivity index (χ2n) is 5.68. The first-order valence-corrected chi connectivity index (χ1v) is 6.32. The maximum atomic E-state index is 5.23. The van der Waals surface area contributed by atoms with E-state index in [0.29, 0.717) is 17.5 Å². The molecule has 1 saturated carbocycles. The Morgan fingerprint density at radius 3 is 2.73 bits per heavy atom. The summed E-state index contributed by atoms with van der Waals surface area (Å²) in [4.78, 5) is 0. The zero-order valence-corrected chi connectivity index (χ0v) is 10.8. The molecule has 1 N–H and O–H groups in total. The van der Waals surface area contributed by atoms with E-state index in [4.69, 9.17) is 4.74 Å². The Bertz CT molecular complexity index is 179. The third-order valence-electron chi connectivity index (χ3n) is 3.54. The molecule has 0 spiro atoms. The highest BCUT2D eigenvalue weighted by Gasteiger charge is 2.28. The molecule has 1 fully saturated rings. The van der Waals surface area contributed by atoms with Crippen LogP contribution in [-0.4, -0.2) is 25.8 Å². The fourth-order valence-corrected chi connectivity index (χ4v) is 2.66. The summed E-state index contributed by atoms with van der Waals surface area (Å²) in [5.41, 5.74) is 0.529. The maximum Gasteiger partial charge on any atom is 0.0615 e. The van der Waals surface area contributed by atoms with Crippen LogP contribution in [0.15, 0.2) is 0 Å². The van der Waals surface area contributed by atoms with Crippen LogP contribution in [0.1, 0.15) is 52.9 Å². The van der Waals surface area contributed by atoms with Crippen LogP contribution in [0.25, 0.3) is 0 Å². The van der Waals surface area contributed by atoms with Crippen molar-refractivity contribution in [2.24, 2.45) is 5.41 Å². The fourth-order valence-electron chi connectivity index (χ4n) is 2.66. The van der Waals surface area contributed by atoms with Gasteiger partial charge in [-0.25, -0.2) is 0 Å². The van der Waals surface area contributed by atoms with Gasteiger partial charge in [-0.05, 0) is 31.1 Å². The highest BCUT2D eigenvalue weighted by atomic mass is 16.5. The molecule has 0 saturated heterocycles. The molecule has 15 heavy (non-hydrogen) atoms. The zero-order chi connectivity index (χ0) is 11.3. The Morgan fingerprint density at radius 2 is 2.20 bits per heavy atom. The topological polar surface area (TPSA) is 21.3 Å². The van der Waals surface area contributed by atoms with Gasteiger partial charge in [0.05, 0.1) is 6.61 Å². The standard InChI is InChI=1S/C13H27NO/c1-5-11(10-15-4)14-12-7-6-8-13(2,3)9-12/h11-12,14H,5-10H2,1-4H3/t11-,12-/m1/s1. The second kappa shape index (κ2) is 5.86. The average molecular weight is 213 g/mol. The Hall–Kier alpha value is -0.0800. The molecular weight excluding hydrogens is 186 g/mol. The molecule has 0 aromatic heterocycles. The number of ether oxygens (including phenoxy) is 1. The molecule has 90 valence electrons. The Labute approximate surface area is 94.8 Å². The van der Waals surface area contributed by atoms with Crippen LogP contribution in [0.3, 0.4) is 0 Å². The van der Waals surface area contributed by atoms with Gasteiger partial charge in [0.15, 0.2) is 0 Å². The van der Waals surface area contributed by atoms with E-state index in [1.807, 2.05) is 0 Å². The lowest BCUT2D eigenvalue weighted by molar-refractivity contribution is 0.135. The molecule has 0 aromatic carbocycles. The highest BCUT2D eigenvalue weighted by Crippen LogP contribution is 2.35. The largest absolute Gasteiger partial charge is 0.383 e. The SMILES string of the molecule is CC[C@H](COC)N[C@@H]1CCCC(C)(C)C1. The van der Waals surface area contributed by atoms with E-state index in [1.54, 1.807) is 7.11 Å². The van der Waals surface area contributed by atoms with Crippen LogP contribution in [0, 0.1) is 5.41 Å². The Morgan fingerprint density at radius 1 is 1.47 bits per heavy atom. The number of methoxy groups -OCH3 is 1. The first-order valence-electron chi connectivity index (χ1n) is 6.32. The summed E-state index contributed by atoms with van der Waals surface area (Å²) in [5, 5.41) is 3.74. The predicted molar refractivity (Wildman–Crippen MR) is 65.1 cm³/mol.